The predicted molar refractivity (Wildman–Crippen MR) is 94.7 cm³/mol. The Labute approximate surface area is 145 Å². The van der Waals surface area contributed by atoms with E-state index in [2.05, 4.69) is 10.3 Å². The van der Waals surface area contributed by atoms with Gasteiger partial charge in [-0.25, -0.2) is 13.4 Å². The van der Waals surface area contributed by atoms with Gasteiger partial charge in [-0.05, 0) is 36.3 Å². The molecule has 0 bridgehead atoms. The van der Waals surface area contributed by atoms with Gasteiger partial charge in [-0.1, -0.05) is 35.6 Å². The molecular weight excluding hydrogens is 344 g/mol. The fourth-order valence-electron chi connectivity index (χ4n) is 3.81. The van der Waals surface area contributed by atoms with Crippen LogP contribution in [0.4, 0.5) is 5.13 Å². The van der Waals surface area contributed by atoms with Crippen LogP contribution in [0.5, 0.6) is 0 Å². The first-order valence-electron chi connectivity index (χ1n) is 7.89. The molecule has 7 heteroatoms. The molecule has 1 aliphatic carbocycles. The molecule has 1 aliphatic heterocycles. The molecule has 1 aromatic heterocycles. The molecule has 5 nitrogen and oxygen atoms in total. The van der Waals surface area contributed by atoms with Gasteiger partial charge in [0.25, 0.3) is 0 Å². The Bertz CT molecular complexity index is 897. The molecule has 126 valence electrons. The van der Waals surface area contributed by atoms with Crippen LogP contribution in [0, 0.1) is 18.3 Å². The summed E-state index contributed by atoms with van der Waals surface area (Å²) in [5, 5.41) is 3.48. The first-order valence-corrected chi connectivity index (χ1v) is 10.5. The van der Waals surface area contributed by atoms with E-state index in [0.717, 1.165) is 10.4 Å². The minimum atomic E-state index is -2.83. The number of benzene rings is 1. The van der Waals surface area contributed by atoms with Gasteiger partial charge in [0.1, 0.15) is 0 Å². The number of aryl methyl sites for hydroxylation is 1. The van der Waals surface area contributed by atoms with Crippen molar-refractivity contribution < 1.29 is 13.2 Å². The number of hydrogen-bond donors (Lipinski definition) is 1. The average molecular weight is 362 g/mol. The van der Waals surface area contributed by atoms with Gasteiger partial charge in [-0.15, -0.1) is 0 Å². The lowest BCUT2D eigenvalue weighted by Crippen LogP contribution is -2.58. The van der Waals surface area contributed by atoms with Crippen molar-refractivity contribution in [1.82, 2.24) is 4.98 Å². The quantitative estimate of drug-likeness (QED) is 0.911. The van der Waals surface area contributed by atoms with Gasteiger partial charge in [0.15, 0.2) is 15.0 Å². The SMILES string of the molecule is Cc1ccccc1-c1cnc(NC(=O)C2CC3(C2)CS(=O)(=O)C3)s1. The van der Waals surface area contributed by atoms with Gasteiger partial charge in [-0.3, -0.25) is 4.79 Å². The lowest BCUT2D eigenvalue weighted by molar-refractivity contribution is -0.126. The van der Waals surface area contributed by atoms with Crippen LogP contribution in [0.1, 0.15) is 18.4 Å². The number of hydrogen-bond acceptors (Lipinski definition) is 5. The van der Waals surface area contributed by atoms with Crippen LogP contribution in [-0.4, -0.2) is 30.8 Å². The van der Waals surface area contributed by atoms with E-state index >= 15 is 0 Å². The Morgan fingerprint density at radius 1 is 1.29 bits per heavy atom. The number of thiazole rings is 1. The predicted octanol–water partition coefficient (Wildman–Crippen LogP) is 2.88. The highest BCUT2D eigenvalue weighted by Gasteiger charge is 2.57. The third-order valence-electron chi connectivity index (χ3n) is 4.93. The van der Waals surface area contributed by atoms with Gasteiger partial charge >= 0.3 is 0 Å². The Morgan fingerprint density at radius 2 is 2.00 bits per heavy atom. The normalized spacial score (nSPS) is 21.0. The minimum Gasteiger partial charge on any atom is -0.302 e. The average Bonchev–Trinajstić information content (AvgIpc) is 2.90. The van der Waals surface area contributed by atoms with Crippen molar-refractivity contribution in [2.45, 2.75) is 19.8 Å². The Kier molecular flexibility index (Phi) is 3.54. The van der Waals surface area contributed by atoms with Crippen LogP contribution in [0.2, 0.25) is 0 Å². The van der Waals surface area contributed by atoms with E-state index in [1.54, 1.807) is 6.20 Å². The number of rotatable bonds is 3. The summed E-state index contributed by atoms with van der Waals surface area (Å²) in [5.74, 6) is 0.360. The van der Waals surface area contributed by atoms with E-state index in [9.17, 15) is 13.2 Å². The molecule has 4 rings (SSSR count). The number of carbonyl (C=O) groups is 1. The molecule has 2 fully saturated rings. The summed E-state index contributed by atoms with van der Waals surface area (Å²) in [6.45, 7) is 2.05. The molecule has 1 saturated carbocycles. The van der Waals surface area contributed by atoms with Gasteiger partial charge < -0.3 is 5.32 Å². The van der Waals surface area contributed by atoms with Crippen molar-refractivity contribution in [3.8, 4) is 10.4 Å². The fraction of sp³-hybridized carbons (Fsp3) is 0.412. The smallest absolute Gasteiger partial charge is 0.229 e. The summed E-state index contributed by atoms with van der Waals surface area (Å²) in [7, 11) is -2.83. The second kappa shape index (κ2) is 5.39. The number of anilines is 1. The van der Waals surface area contributed by atoms with E-state index < -0.39 is 9.84 Å². The Hall–Kier alpha value is -1.73. The van der Waals surface area contributed by atoms with Crippen LogP contribution >= 0.6 is 11.3 Å². The maximum Gasteiger partial charge on any atom is 0.229 e. The largest absolute Gasteiger partial charge is 0.302 e. The number of aromatic nitrogens is 1. The highest BCUT2D eigenvalue weighted by Crippen LogP contribution is 2.53. The van der Waals surface area contributed by atoms with Crippen molar-refractivity contribution >= 4 is 32.2 Å². The van der Waals surface area contributed by atoms with Crippen LogP contribution in [0.15, 0.2) is 30.5 Å². The number of carbonyl (C=O) groups excluding carboxylic acids is 1. The van der Waals surface area contributed by atoms with Gasteiger partial charge in [-0.2, -0.15) is 0 Å². The molecule has 1 amide bonds. The summed E-state index contributed by atoms with van der Waals surface area (Å²) in [6.07, 6.45) is 3.13. The standard InChI is InChI=1S/C17H18N2O3S2/c1-11-4-2-3-5-13(11)14-8-18-16(23-14)19-15(20)12-6-17(7-12)9-24(21,22)10-17/h2-5,8,12H,6-7,9-10H2,1H3,(H,18,19,20). The van der Waals surface area contributed by atoms with Crippen molar-refractivity contribution in [1.29, 1.82) is 0 Å². The molecular formula is C17H18N2O3S2. The lowest BCUT2D eigenvalue weighted by Gasteiger charge is -2.52. The molecule has 0 unspecified atom stereocenters. The number of amides is 1. The van der Waals surface area contributed by atoms with Gasteiger partial charge in [0, 0.05) is 12.1 Å². The topological polar surface area (TPSA) is 76.1 Å². The van der Waals surface area contributed by atoms with Crippen LogP contribution in [0.25, 0.3) is 10.4 Å². The molecule has 1 spiro atoms. The van der Waals surface area contributed by atoms with Crippen molar-refractivity contribution in [2.24, 2.45) is 11.3 Å². The summed E-state index contributed by atoms with van der Waals surface area (Å²) < 4.78 is 22.6. The second-order valence-corrected chi connectivity index (χ2v) is 10.1. The van der Waals surface area contributed by atoms with Crippen LogP contribution in [-0.2, 0) is 14.6 Å². The maximum absolute atomic E-state index is 12.3. The van der Waals surface area contributed by atoms with Crippen molar-refractivity contribution in [2.75, 3.05) is 16.8 Å². The first-order chi connectivity index (χ1) is 11.4. The molecule has 2 aliphatic rings. The number of nitrogens with one attached hydrogen (secondary N) is 1. The third kappa shape index (κ3) is 2.75. The lowest BCUT2D eigenvalue weighted by atomic mass is 9.63. The second-order valence-electron chi connectivity index (χ2n) is 6.97. The highest BCUT2D eigenvalue weighted by atomic mass is 32.2. The summed E-state index contributed by atoms with van der Waals surface area (Å²) in [5.41, 5.74) is 2.18. The Balaban J connectivity index is 1.39. The summed E-state index contributed by atoms with van der Waals surface area (Å²) in [4.78, 5) is 17.6. The molecule has 1 aromatic carbocycles. The fourth-order valence-corrected chi connectivity index (χ4v) is 6.97. The molecule has 0 radical (unpaired) electrons. The molecule has 2 aromatic rings. The Morgan fingerprint density at radius 3 is 2.67 bits per heavy atom. The zero-order chi connectivity index (χ0) is 16.9. The zero-order valence-corrected chi connectivity index (χ0v) is 14.9. The number of sulfone groups is 1. The monoisotopic (exact) mass is 362 g/mol. The van der Waals surface area contributed by atoms with Gasteiger partial charge in [0.2, 0.25) is 5.91 Å². The van der Waals surface area contributed by atoms with E-state index in [-0.39, 0.29) is 28.7 Å². The molecule has 24 heavy (non-hydrogen) atoms. The molecule has 1 saturated heterocycles. The van der Waals surface area contributed by atoms with E-state index in [4.69, 9.17) is 0 Å². The van der Waals surface area contributed by atoms with Crippen molar-refractivity contribution in [3.63, 3.8) is 0 Å². The first kappa shape index (κ1) is 15.8. The molecule has 2 heterocycles. The molecule has 0 atom stereocenters. The summed E-state index contributed by atoms with van der Waals surface area (Å²) >= 11 is 1.46. The van der Waals surface area contributed by atoms with Crippen LogP contribution in [0.3, 0.4) is 0 Å². The molecule has 1 N–H and O–H groups in total. The van der Waals surface area contributed by atoms with Gasteiger partial charge in [0.05, 0.1) is 16.4 Å². The zero-order valence-electron chi connectivity index (χ0n) is 13.3. The van der Waals surface area contributed by atoms with Crippen molar-refractivity contribution in [3.05, 3.63) is 36.0 Å². The van der Waals surface area contributed by atoms with E-state index in [1.165, 1.54) is 16.9 Å². The maximum atomic E-state index is 12.3. The minimum absolute atomic E-state index is 0.0457. The number of nitrogens with zero attached hydrogens (tertiary/aromatic N) is 1. The van der Waals surface area contributed by atoms with E-state index in [1.807, 2.05) is 31.2 Å². The van der Waals surface area contributed by atoms with E-state index in [0.29, 0.717) is 18.0 Å². The summed E-state index contributed by atoms with van der Waals surface area (Å²) in [6, 6.07) is 8.07. The highest BCUT2D eigenvalue weighted by molar-refractivity contribution is 7.92. The third-order valence-corrected chi connectivity index (χ3v) is 7.98. The van der Waals surface area contributed by atoms with Crippen LogP contribution < -0.4 is 5.32 Å².